The minimum Gasteiger partial charge on any atom is -0.389 e. The van der Waals surface area contributed by atoms with Crippen LogP contribution in [-0.4, -0.2) is 21.6 Å². The van der Waals surface area contributed by atoms with Crippen LogP contribution in [0.2, 0.25) is 5.02 Å². The Balaban J connectivity index is 1.41. The number of amides is 1. The Morgan fingerprint density at radius 2 is 1.90 bits per heavy atom. The van der Waals surface area contributed by atoms with Crippen LogP contribution in [0.4, 0.5) is 10.1 Å². The van der Waals surface area contributed by atoms with Crippen LogP contribution in [0, 0.1) is 5.82 Å². The second-order valence-corrected chi connectivity index (χ2v) is 8.23. The third-order valence-corrected chi connectivity index (χ3v) is 5.96. The fourth-order valence-electron chi connectivity index (χ4n) is 4.18. The minimum atomic E-state index is -1.03. The number of pyridine rings is 1. The molecular weight excluding hydrogens is 391 g/mol. The van der Waals surface area contributed by atoms with Gasteiger partial charge >= 0.3 is 0 Å². The van der Waals surface area contributed by atoms with Crippen molar-refractivity contribution in [2.24, 2.45) is 0 Å². The van der Waals surface area contributed by atoms with Crippen LogP contribution in [0.5, 0.6) is 0 Å². The highest BCUT2D eigenvalue weighted by Gasteiger charge is 2.36. The Hall–Kier alpha value is -2.50. The number of nitrogens with one attached hydrogen (secondary N) is 1. The van der Waals surface area contributed by atoms with Crippen molar-refractivity contribution < 1.29 is 14.3 Å². The van der Waals surface area contributed by atoms with Crippen molar-refractivity contribution in [2.75, 3.05) is 5.32 Å². The summed E-state index contributed by atoms with van der Waals surface area (Å²) in [5, 5.41) is 15.2. The number of anilines is 1. The zero-order valence-electron chi connectivity index (χ0n) is 15.9. The number of nitrogens with zero attached hydrogens (tertiary/aromatic N) is 1. The van der Waals surface area contributed by atoms with Crippen LogP contribution in [-0.2, 0) is 4.79 Å². The van der Waals surface area contributed by atoms with E-state index < -0.39 is 5.60 Å². The minimum absolute atomic E-state index is 0.0497. The fourth-order valence-corrected chi connectivity index (χ4v) is 4.30. The van der Waals surface area contributed by atoms with Gasteiger partial charge in [0, 0.05) is 22.3 Å². The summed E-state index contributed by atoms with van der Waals surface area (Å²) in [5.74, 6) is -0.287. The predicted octanol–water partition coefficient (Wildman–Crippen LogP) is 5.44. The van der Waals surface area contributed by atoms with Crippen molar-refractivity contribution in [2.45, 2.75) is 43.6 Å². The summed E-state index contributed by atoms with van der Waals surface area (Å²) in [6, 6.07) is 13.4. The highest BCUT2D eigenvalue weighted by Crippen LogP contribution is 2.41. The molecule has 0 unspecified atom stereocenters. The van der Waals surface area contributed by atoms with Crippen molar-refractivity contribution >= 4 is 34.1 Å². The molecule has 0 bridgehead atoms. The molecule has 4 nitrogen and oxygen atoms in total. The van der Waals surface area contributed by atoms with E-state index in [0.29, 0.717) is 23.6 Å². The van der Waals surface area contributed by atoms with Gasteiger partial charge in [-0.15, -0.1) is 0 Å². The van der Waals surface area contributed by atoms with Crippen molar-refractivity contribution in [3.05, 3.63) is 71.1 Å². The van der Waals surface area contributed by atoms with Crippen LogP contribution in [0.15, 0.2) is 54.7 Å². The Kier molecular flexibility index (Phi) is 5.52. The van der Waals surface area contributed by atoms with Crippen LogP contribution < -0.4 is 5.32 Å². The van der Waals surface area contributed by atoms with Gasteiger partial charge in [-0.3, -0.25) is 9.78 Å². The Morgan fingerprint density at radius 1 is 1.17 bits per heavy atom. The Morgan fingerprint density at radius 3 is 2.62 bits per heavy atom. The summed E-state index contributed by atoms with van der Waals surface area (Å²) >= 11 is 5.86. The topological polar surface area (TPSA) is 62.2 Å². The van der Waals surface area contributed by atoms with Gasteiger partial charge in [0.1, 0.15) is 5.82 Å². The lowest BCUT2D eigenvalue weighted by Crippen LogP contribution is -2.37. The molecule has 2 N–H and O–H groups in total. The van der Waals surface area contributed by atoms with Crippen molar-refractivity contribution in [3.63, 3.8) is 0 Å². The third-order valence-electron chi connectivity index (χ3n) is 5.71. The molecule has 29 heavy (non-hydrogen) atoms. The number of aliphatic hydroxyl groups is 1. The molecule has 3 aromatic rings. The number of hydrogen-bond donors (Lipinski definition) is 2. The first-order valence-corrected chi connectivity index (χ1v) is 10.1. The molecule has 1 heterocycles. The molecule has 0 saturated heterocycles. The van der Waals surface area contributed by atoms with Crippen molar-refractivity contribution in [1.29, 1.82) is 0 Å². The number of rotatable bonds is 4. The van der Waals surface area contributed by atoms with Crippen LogP contribution in [0.3, 0.4) is 0 Å². The molecule has 0 radical (unpaired) electrons. The van der Waals surface area contributed by atoms with E-state index in [-0.39, 0.29) is 24.1 Å². The highest BCUT2D eigenvalue weighted by atomic mass is 35.5. The second kappa shape index (κ2) is 8.09. The number of aromatic nitrogens is 1. The van der Waals surface area contributed by atoms with Gasteiger partial charge < -0.3 is 10.4 Å². The summed E-state index contributed by atoms with van der Waals surface area (Å²) in [7, 11) is 0. The first-order chi connectivity index (χ1) is 13.9. The van der Waals surface area contributed by atoms with E-state index in [1.807, 2.05) is 6.07 Å². The van der Waals surface area contributed by atoms with E-state index in [1.165, 1.54) is 12.1 Å². The Bertz CT molecular complexity index is 1030. The number of fused-ring (bicyclic) bond motifs is 1. The molecule has 1 aliphatic carbocycles. The molecule has 1 fully saturated rings. The maximum atomic E-state index is 13.7. The zero-order chi connectivity index (χ0) is 20.4. The summed E-state index contributed by atoms with van der Waals surface area (Å²) in [4.78, 5) is 16.7. The molecule has 6 heteroatoms. The standard InChI is InChI=1S/C23H22ClFN2O2/c24-16-1-4-18(5-2-16)27-22(28)14-23(29)10-7-15(8-11-23)19-9-12-26-21-6-3-17(25)13-20(19)21/h1-6,9,12-13,15,29H,7-8,10-11,14H2,(H,27,28). The molecular formula is C23H22ClFN2O2. The predicted molar refractivity (Wildman–Crippen MR) is 113 cm³/mol. The third kappa shape index (κ3) is 4.57. The molecule has 1 aromatic heterocycles. The Labute approximate surface area is 173 Å². The van der Waals surface area contributed by atoms with Gasteiger partial charge in [-0.05, 0) is 85.7 Å². The summed E-state index contributed by atoms with van der Waals surface area (Å²) in [6.07, 6.45) is 4.31. The number of hydrogen-bond acceptors (Lipinski definition) is 3. The molecule has 1 amide bonds. The SMILES string of the molecule is O=C(CC1(O)CCC(c2ccnc3ccc(F)cc23)CC1)Nc1ccc(Cl)cc1. The number of halogens is 2. The van der Waals surface area contributed by atoms with E-state index in [4.69, 9.17) is 11.6 Å². The molecule has 0 spiro atoms. The van der Waals surface area contributed by atoms with Gasteiger partial charge in [-0.2, -0.15) is 0 Å². The van der Waals surface area contributed by atoms with Gasteiger partial charge in [0.15, 0.2) is 0 Å². The molecule has 1 saturated carbocycles. The maximum Gasteiger partial charge on any atom is 0.227 e. The normalized spacial score (nSPS) is 21.8. The lowest BCUT2D eigenvalue weighted by molar-refractivity contribution is -0.122. The number of benzene rings is 2. The molecule has 2 aromatic carbocycles. The first-order valence-electron chi connectivity index (χ1n) is 9.74. The summed E-state index contributed by atoms with van der Waals surface area (Å²) < 4.78 is 13.7. The van der Waals surface area contributed by atoms with E-state index in [0.717, 1.165) is 29.3 Å². The average molecular weight is 413 g/mol. The fraction of sp³-hybridized carbons (Fsp3) is 0.304. The lowest BCUT2D eigenvalue weighted by Gasteiger charge is -2.36. The smallest absolute Gasteiger partial charge is 0.227 e. The largest absolute Gasteiger partial charge is 0.389 e. The molecule has 0 aliphatic heterocycles. The van der Waals surface area contributed by atoms with E-state index >= 15 is 0 Å². The van der Waals surface area contributed by atoms with Gasteiger partial charge in [0.05, 0.1) is 17.5 Å². The summed E-state index contributed by atoms with van der Waals surface area (Å²) in [5.41, 5.74) is 1.46. The van der Waals surface area contributed by atoms with Crippen LogP contribution >= 0.6 is 11.6 Å². The molecule has 0 atom stereocenters. The van der Waals surface area contributed by atoms with Crippen molar-refractivity contribution in [1.82, 2.24) is 4.98 Å². The van der Waals surface area contributed by atoms with Gasteiger partial charge in [-0.25, -0.2) is 4.39 Å². The highest BCUT2D eigenvalue weighted by molar-refractivity contribution is 6.30. The van der Waals surface area contributed by atoms with Crippen molar-refractivity contribution in [3.8, 4) is 0 Å². The zero-order valence-corrected chi connectivity index (χ0v) is 16.6. The van der Waals surface area contributed by atoms with E-state index in [1.54, 1.807) is 36.5 Å². The van der Waals surface area contributed by atoms with Crippen LogP contribution in [0.25, 0.3) is 10.9 Å². The molecule has 150 valence electrons. The lowest BCUT2D eigenvalue weighted by atomic mass is 9.74. The summed E-state index contributed by atoms with van der Waals surface area (Å²) in [6.45, 7) is 0. The van der Waals surface area contributed by atoms with Gasteiger partial charge in [0.25, 0.3) is 0 Å². The molecule has 1 aliphatic rings. The van der Waals surface area contributed by atoms with Gasteiger partial charge in [-0.1, -0.05) is 11.6 Å². The van der Waals surface area contributed by atoms with E-state index in [2.05, 4.69) is 10.3 Å². The van der Waals surface area contributed by atoms with Gasteiger partial charge in [0.2, 0.25) is 5.91 Å². The number of carbonyl (C=O) groups excluding carboxylic acids is 1. The van der Waals surface area contributed by atoms with Crippen LogP contribution in [0.1, 0.15) is 43.6 Å². The first kappa shape index (κ1) is 19.8. The monoisotopic (exact) mass is 412 g/mol. The quantitative estimate of drug-likeness (QED) is 0.599. The van der Waals surface area contributed by atoms with E-state index in [9.17, 15) is 14.3 Å². The average Bonchev–Trinajstić information content (AvgIpc) is 2.70. The molecule has 4 rings (SSSR count). The number of carbonyl (C=O) groups is 1. The second-order valence-electron chi connectivity index (χ2n) is 7.79. The maximum absolute atomic E-state index is 13.7.